The maximum atomic E-state index is 12.2. The molecule has 20 heavy (non-hydrogen) atoms. The standard InChI is InChI=1S/C17H15BrOS/c18-13-6-8-14(9-7-13)20-11-17(19)16-10-15(16)12-4-2-1-3-5-12/h1-9,15-16H,10-11H2. The highest BCUT2D eigenvalue weighted by molar-refractivity contribution is 9.10. The Morgan fingerprint density at radius 3 is 2.50 bits per heavy atom. The molecule has 1 nitrogen and oxygen atoms in total. The summed E-state index contributed by atoms with van der Waals surface area (Å²) in [5.74, 6) is 1.65. The summed E-state index contributed by atoms with van der Waals surface area (Å²) < 4.78 is 1.07. The van der Waals surface area contributed by atoms with Crippen LogP contribution in [0.2, 0.25) is 0 Å². The molecule has 1 aliphatic carbocycles. The number of hydrogen-bond donors (Lipinski definition) is 0. The minimum absolute atomic E-state index is 0.236. The van der Waals surface area contributed by atoms with Crippen LogP contribution in [0.4, 0.5) is 0 Å². The smallest absolute Gasteiger partial charge is 0.146 e. The van der Waals surface area contributed by atoms with Crippen LogP contribution in [0.3, 0.4) is 0 Å². The molecule has 0 radical (unpaired) electrons. The highest BCUT2D eigenvalue weighted by Crippen LogP contribution is 2.48. The summed E-state index contributed by atoms with van der Waals surface area (Å²) >= 11 is 5.05. The van der Waals surface area contributed by atoms with Gasteiger partial charge in [-0.3, -0.25) is 4.79 Å². The number of thioether (sulfide) groups is 1. The van der Waals surface area contributed by atoms with E-state index in [0.717, 1.165) is 15.8 Å². The van der Waals surface area contributed by atoms with Crippen LogP contribution in [-0.2, 0) is 4.79 Å². The Balaban J connectivity index is 1.53. The third-order valence-corrected chi connectivity index (χ3v) is 5.19. The number of benzene rings is 2. The molecule has 1 saturated carbocycles. The van der Waals surface area contributed by atoms with Gasteiger partial charge < -0.3 is 0 Å². The van der Waals surface area contributed by atoms with Crippen LogP contribution in [0.15, 0.2) is 64.0 Å². The van der Waals surface area contributed by atoms with Crippen LogP contribution in [0, 0.1) is 5.92 Å². The topological polar surface area (TPSA) is 17.1 Å². The van der Waals surface area contributed by atoms with Gasteiger partial charge in [-0.05, 0) is 42.2 Å². The van der Waals surface area contributed by atoms with E-state index in [4.69, 9.17) is 0 Å². The summed E-state index contributed by atoms with van der Waals surface area (Å²) in [4.78, 5) is 13.4. The van der Waals surface area contributed by atoms with Crippen molar-refractivity contribution in [1.29, 1.82) is 0 Å². The first kappa shape index (κ1) is 13.9. The highest BCUT2D eigenvalue weighted by Gasteiger charge is 2.43. The average Bonchev–Trinajstić information content (AvgIpc) is 3.28. The van der Waals surface area contributed by atoms with Crippen molar-refractivity contribution >= 4 is 33.5 Å². The van der Waals surface area contributed by atoms with Crippen LogP contribution >= 0.6 is 27.7 Å². The molecule has 3 rings (SSSR count). The van der Waals surface area contributed by atoms with E-state index in [2.05, 4.69) is 28.1 Å². The van der Waals surface area contributed by atoms with Gasteiger partial charge in [0.05, 0.1) is 5.75 Å². The molecular formula is C17H15BrOS. The van der Waals surface area contributed by atoms with E-state index in [1.807, 2.05) is 42.5 Å². The molecule has 0 saturated heterocycles. The second kappa shape index (κ2) is 6.15. The molecule has 0 aromatic heterocycles. The van der Waals surface area contributed by atoms with Gasteiger partial charge in [-0.2, -0.15) is 0 Å². The summed E-state index contributed by atoms with van der Waals surface area (Å²) in [6.45, 7) is 0. The fourth-order valence-electron chi connectivity index (χ4n) is 2.41. The van der Waals surface area contributed by atoms with Crippen molar-refractivity contribution in [3.63, 3.8) is 0 Å². The van der Waals surface area contributed by atoms with Crippen molar-refractivity contribution in [3.05, 3.63) is 64.6 Å². The third-order valence-electron chi connectivity index (χ3n) is 3.63. The molecule has 0 bridgehead atoms. The van der Waals surface area contributed by atoms with Gasteiger partial charge in [0.15, 0.2) is 0 Å². The summed E-state index contributed by atoms with van der Waals surface area (Å²) in [6.07, 6.45) is 1.02. The lowest BCUT2D eigenvalue weighted by atomic mass is 10.1. The Hall–Kier alpha value is -1.06. The van der Waals surface area contributed by atoms with Gasteiger partial charge in [0.2, 0.25) is 0 Å². The maximum absolute atomic E-state index is 12.2. The van der Waals surface area contributed by atoms with Crippen molar-refractivity contribution in [3.8, 4) is 0 Å². The summed E-state index contributed by atoms with van der Waals surface area (Å²) in [6, 6.07) is 18.5. The zero-order valence-electron chi connectivity index (χ0n) is 11.0. The predicted molar refractivity (Wildman–Crippen MR) is 87.2 cm³/mol. The Morgan fingerprint density at radius 1 is 1.10 bits per heavy atom. The van der Waals surface area contributed by atoms with Crippen LogP contribution in [0.5, 0.6) is 0 Å². The number of carbonyl (C=O) groups excluding carboxylic acids is 1. The Labute approximate surface area is 131 Å². The van der Waals surface area contributed by atoms with E-state index in [9.17, 15) is 4.79 Å². The van der Waals surface area contributed by atoms with Crippen molar-refractivity contribution in [2.24, 2.45) is 5.92 Å². The molecule has 2 unspecified atom stereocenters. The minimum Gasteiger partial charge on any atom is -0.298 e. The van der Waals surface area contributed by atoms with Crippen molar-refractivity contribution in [2.75, 3.05) is 5.75 Å². The van der Waals surface area contributed by atoms with Crippen LogP contribution < -0.4 is 0 Å². The van der Waals surface area contributed by atoms with Crippen LogP contribution in [0.25, 0.3) is 0 Å². The van der Waals surface area contributed by atoms with E-state index in [1.165, 1.54) is 5.56 Å². The number of ketones is 1. The third kappa shape index (κ3) is 3.33. The first-order valence-corrected chi connectivity index (χ1v) is 8.48. The SMILES string of the molecule is O=C(CSc1ccc(Br)cc1)C1CC1c1ccccc1. The monoisotopic (exact) mass is 346 g/mol. The highest BCUT2D eigenvalue weighted by atomic mass is 79.9. The second-order valence-corrected chi connectivity index (χ2v) is 7.03. The summed E-state index contributed by atoms with van der Waals surface area (Å²) in [5, 5.41) is 0. The molecule has 0 amide bonds. The van der Waals surface area contributed by atoms with Crippen molar-refractivity contribution < 1.29 is 4.79 Å². The van der Waals surface area contributed by atoms with E-state index in [0.29, 0.717) is 17.5 Å². The van der Waals surface area contributed by atoms with Crippen molar-refractivity contribution in [2.45, 2.75) is 17.2 Å². The van der Waals surface area contributed by atoms with Gasteiger partial charge in [0, 0.05) is 15.3 Å². The molecule has 0 spiro atoms. The zero-order chi connectivity index (χ0) is 13.9. The van der Waals surface area contributed by atoms with Crippen molar-refractivity contribution in [1.82, 2.24) is 0 Å². The minimum atomic E-state index is 0.236. The predicted octanol–water partition coefficient (Wildman–Crippen LogP) is 4.91. The molecular weight excluding hydrogens is 332 g/mol. The Morgan fingerprint density at radius 2 is 1.80 bits per heavy atom. The van der Waals surface area contributed by atoms with Gasteiger partial charge in [-0.15, -0.1) is 11.8 Å². The fourth-order valence-corrected chi connectivity index (χ4v) is 3.53. The molecule has 0 aliphatic heterocycles. The molecule has 1 fully saturated rings. The average molecular weight is 347 g/mol. The molecule has 1 aliphatic rings. The zero-order valence-corrected chi connectivity index (χ0v) is 13.4. The van der Waals surface area contributed by atoms with Crippen LogP contribution in [-0.4, -0.2) is 11.5 Å². The van der Waals surface area contributed by atoms with E-state index in [1.54, 1.807) is 11.8 Å². The molecule has 102 valence electrons. The van der Waals surface area contributed by atoms with Gasteiger partial charge >= 0.3 is 0 Å². The van der Waals surface area contributed by atoms with Gasteiger partial charge in [0.25, 0.3) is 0 Å². The van der Waals surface area contributed by atoms with Crippen LogP contribution in [0.1, 0.15) is 17.9 Å². The van der Waals surface area contributed by atoms with E-state index >= 15 is 0 Å². The number of Topliss-reactive ketones (excluding diaryl/α,β-unsaturated/α-hetero) is 1. The summed E-state index contributed by atoms with van der Waals surface area (Å²) in [5.41, 5.74) is 1.31. The van der Waals surface area contributed by atoms with Gasteiger partial charge in [-0.1, -0.05) is 46.3 Å². The first-order valence-electron chi connectivity index (χ1n) is 6.70. The number of carbonyl (C=O) groups is 1. The molecule has 2 aromatic rings. The Bertz CT molecular complexity index is 594. The number of halogens is 1. The normalized spacial score (nSPS) is 20.6. The first-order chi connectivity index (χ1) is 9.74. The molecule has 2 atom stereocenters. The largest absolute Gasteiger partial charge is 0.298 e. The lowest BCUT2D eigenvalue weighted by molar-refractivity contribution is -0.117. The molecule has 0 N–H and O–H groups in total. The molecule has 0 heterocycles. The van der Waals surface area contributed by atoms with E-state index in [-0.39, 0.29) is 5.92 Å². The lowest BCUT2D eigenvalue weighted by Crippen LogP contribution is -2.05. The lowest BCUT2D eigenvalue weighted by Gasteiger charge is -2.02. The van der Waals surface area contributed by atoms with Gasteiger partial charge in [-0.25, -0.2) is 0 Å². The number of rotatable bonds is 5. The quantitative estimate of drug-likeness (QED) is 0.715. The number of hydrogen-bond acceptors (Lipinski definition) is 2. The van der Waals surface area contributed by atoms with E-state index < -0.39 is 0 Å². The fraction of sp³-hybridized carbons (Fsp3) is 0.235. The summed E-state index contributed by atoms with van der Waals surface area (Å²) in [7, 11) is 0. The van der Waals surface area contributed by atoms with Gasteiger partial charge in [0.1, 0.15) is 5.78 Å². The molecule has 3 heteroatoms. The molecule has 2 aromatic carbocycles. The second-order valence-electron chi connectivity index (χ2n) is 5.07. The maximum Gasteiger partial charge on any atom is 0.146 e. The Kier molecular flexibility index (Phi) is 4.27.